The van der Waals surface area contributed by atoms with Crippen LogP contribution in [0.3, 0.4) is 0 Å². The lowest BCUT2D eigenvalue weighted by Crippen LogP contribution is -2.15. The maximum Gasteiger partial charge on any atom is 0.242 e. The van der Waals surface area contributed by atoms with Gasteiger partial charge in [0.1, 0.15) is 11.4 Å². The molecule has 0 amide bonds. The van der Waals surface area contributed by atoms with Gasteiger partial charge in [-0.1, -0.05) is 15.5 Å². The van der Waals surface area contributed by atoms with Gasteiger partial charge in [0.2, 0.25) is 11.6 Å². The van der Waals surface area contributed by atoms with E-state index >= 15 is 0 Å². The Morgan fingerprint density at radius 1 is 1.06 bits per heavy atom. The third-order valence-electron chi connectivity index (χ3n) is 2.05. The molecule has 0 N–H and O–H groups in total. The normalized spacial score (nSPS) is 11.2. The summed E-state index contributed by atoms with van der Waals surface area (Å²) in [5.74, 6) is 0.850. The van der Waals surface area contributed by atoms with E-state index in [0.717, 1.165) is 0 Å². The molecule has 0 aliphatic rings. The summed E-state index contributed by atoms with van der Waals surface area (Å²) in [5.41, 5.74) is 1.21. The topological polar surface area (TPSA) is 106 Å². The zero-order valence-corrected chi connectivity index (χ0v) is 9.65. The highest BCUT2D eigenvalue weighted by Crippen LogP contribution is 2.18. The van der Waals surface area contributed by atoms with Crippen molar-refractivity contribution in [3.63, 3.8) is 0 Å². The van der Waals surface area contributed by atoms with E-state index in [-0.39, 0.29) is 0 Å². The van der Waals surface area contributed by atoms with Crippen LogP contribution < -0.4 is 5.01 Å². The maximum atomic E-state index is 4.60. The number of aryl methyl sites for hydroxylation is 2. The van der Waals surface area contributed by atoms with Crippen LogP contribution in [0, 0.1) is 13.8 Å². The van der Waals surface area contributed by atoms with Gasteiger partial charge in [0.25, 0.3) is 0 Å². The molecule has 0 saturated carbocycles. The highest BCUT2D eigenvalue weighted by atomic mass is 16.6. The second kappa shape index (κ2) is 4.68. The first-order chi connectivity index (χ1) is 8.22. The zero-order valence-electron chi connectivity index (χ0n) is 9.65. The van der Waals surface area contributed by atoms with Crippen LogP contribution >= 0.6 is 0 Å². The fourth-order valence-electron chi connectivity index (χ4n) is 1.13. The smallest absolute Gasteiger partial charge is 0.242 e. The molecule has 0 spiro atoms. The van der Waals surface area contributed by atoms with Gasteiger partial charge in [0.05, 0.1) is 0 Å². The molecule has 2 rings (SSSR count). The van der Waals surface area contributed by atoms with E-state index in [1.165, 1.54) is 0 Å². The fraction of sp³-hybridized carbons (Fsp3) is 0.500. The van der Waals surface area contributed by atoms with Gasteiger partial charge < -0.3 is 0 Å². The quantitative estimate of drug-likeness (QED) is 0.587. The van der Waals surface area contributed by atoms with Gasteiger partial charge >= 0.3 is 0 Å². The van der Waals surface area contributed by atoms with Crippen LogP contribution in [-0.2, 0) is 0 Å². The summed E-state index contributed by atoms with van der Waals surface area (Å²) in [5, 5.41) is 24.0. The van der Waals surface area contributed by atoms with Gasteiger partial charge in [0, 0.05) is 6.54 Å². The Bertz CT molecular complexity index is 517. The molecule has 0 atom stereocenters. The van der Waals surface area contributed by atoms with Crippen molar-refractivity contribution >= 4 is 11.6 Å². The van der Waals surface area contributed by atoms with Gasteiger partial charge in [-0.2, -0.15) is 0 Å². The Morgan fingerprint density at radius 2 is 1.76 bits per heavy atom. The SMILES string of the molecule is CCN(N=Nc1nonc1C)c1nonc1C. The molecule has 2 aromatic rings. The third-order valence-corrected chi connectivity index (χ3v) is 2.05. The average Bonchev–Trinajstić information content (AvgIpc) is 2.90. The van der Waals surface area contributed by atoms with Crippen molar-refractivity contribution in [2.45, 2.75) is 20.8 Å². The molecular weight excluding hydrogens is 226 g/mol. The lowest BCUT2D eigenvalue weighted by atomic mass is 10.5. The fourth-order valence-corrected chi connectivity index (χ4v) is 1.13. The largest absolute Gasteiger partial charge is 0.242 e. The van der Waals surface area contributed by atoms with Crippen LogP contribution in [0.4, 0.5) is 11.6 Å². The van der Waals surface area contributed by atoms with E-state index < -0.39 is 0 Å². The lowest BCUT2D eigenvalue weighted by molar-refractivity contribution is 0.304. The predicted molar refractivity (Wildman–Crippen MR) is 55.6 cm³/mol. The van der Waals surface area contributed by atoms with Crippen LogP contribution in [0.5, 0.6) is 0 Å². The zero-order chi connectivity index (χ0) is 12.3. The first-order valence-electron chi connectivity index (χ1n) is 5.00. The molecule has 0 fully saturated rings. The first kappa shape index (κ1) is 11.2. The summed E-state index contributed by atoms with van der Waals surface area (Å²) in [6.07, 6.45) is 0. The average molecular weight is 237 g/mol. The number of anilines is 1. The number of rotatable bonds is 4. The molecule has 17 heavy (non-hydrogen) atoms. The van der Waals surface area contributed by atoms with Crippen LogP contribution in [-0.4, -0.2) is 27.2 Å². The second-order valence-electron chi connectivity index (χ2n) is 3.25. The summed E-state index contributed by atoms with van der Waals surface area (Å²) in [7, 11) is 0. The Kier molecular flexibility index (Phi) is 3.08. The summed E-state index contributed by atoms with van der Waals surface area (Å²) in [6, 6.07) is 0. The molecule has 0 aliphatic carbocycles. The summed E-state index contributed by atoms with van der Waals surface area (Å²) in [6.45, 7) is 5.97. The van der Waals surface area contributed by atoms with E-state index in [1.807, 2.05) is 6.92 Å². The molecular formula is C8H11N7O2. The lowest BCUT2D eigenvalue weighted by Gasteiger charge is -2.10. The van der Waals surface area contributed by atoms with Crippen LogP contribution in [0.25, 0.3) is 0 Å². The van der Waals surface area contributed by atoms with Crippen LogP contribution in [0.1, 0.15) is 18.3 Å². The summed E-state index contributed by atoms with van der Waals surface area (Å²) >= 11 is 0. The Hall–Kier alpha value is -2.32. The molecule has 0 saturated heterocycles. The molecule has 0 aromatic carbocycles. The first-order valence-corrected chi connectivity index (χ1v) is 5.00. The number of hydrogen-bond acceptors (Lipinski definition) is 8. The number of nitrogens with zero attached hydrogens (tertiary/aromatic N) is 7. The molecule has 0 bridgehead atoms. The molecule has 2 heterocycles. The van der Waals surface area contributed by atoms with Gasteiger partial charge in [-0.05, 0) is 31.1 Å². The molecule has 0 radical (unpaired) electrons. The van der Waals surface area contributed by atoms with Crippen molar-refractivity contribution < 1.29 is 9.26 Å². The van der Waals surface area contributed by atoms with Crippen molar-refractivity contribution in [2.75, 3.05) is 11.6 Å². The van der Waals surface area contributed by atoms with Crippen molar-refractivity contribution in [3.05, 3.63) is 11.4 Å². The van der Waals surface area contributed by atoms with E-state index in [0.29, 0.717) is 29.6 Å². The highest BCUT2D eigenvalue weighted by Gasteiger charge is 2.13. The highest BCUT2D eigenvalue weighted by molar-refractivity contribution is 5.39. The monoisotopic (exact) mass is 237 g/mol. The Balaban J connectivity index is 2.19. The molecule has 9 nitrogen and oxygen atoms in total. The molecule has 0 aliphatic heterocycles. The molecule has 2 aromatic heterocycles. The minimum Gasteiger partial charge on any atom is -0.242 e. The number of hydrogen-bond donors (Lipinski definition) is 0. The molecule has 9 heteroatoms. The molecule has 90 valence electrons. The van der Waals surface area contributed by atoms with Crippen LogP contribution in [0.2, 0.25) is 0 Å². The van der Waals surface area contributed by atoms with Crippen molar-refractivity contribution in [1.29, 1.82) is 0 Å². The minimum absolute atomic E-state index is 0.331. The van der Waals surface area contributed by atoms with E-state index in [4.69, 9.17) is 0 Å². The third kappa shape index (κ3) is 2.27. The van der Waals surface area contributed by atoms with Gasteiger partial charge in [-0.15, -0.1) is 5.11 Å². The van der Waals surface area contributed by atoms with Gasteiger partial charge in [0.15, 0.2) is 0 Å². The van der Waals surface area contributed by atoms with E-state index in [1.54, 1.807) is 18.9 Å². The number of aromatic nitrogens is 4. The van der Waals surface area contributed by atoms with Crippen molar-refractivity contribution in [1.82, 2.24) is 20.6 Å². The molecule has 0 unspecified atom stereocenters. The van der Waals surface area contributed by atoms with Crippen molar-refractivity contribution in [2.24, 2.45) is 10.3 Å². The second-order valence-corrected chi connectivity index (χ2v) is 3.25. The summed E-state index contributed by atoms with van der Waals surface area (Å²) in [4.78, 5) is 0. The minimum atomic E-state index is 0.331. The summed E-state index contributed by atoms with van der Waals surface area (Å²) < 4.78 is 9.11. The Morgan fingerprint density at radius 3 is 2.29 bits per heavy atom. The van der Waals surface area contributed by atoms with Gasteiger partial charge in [-0.3, -0.25) is 0 Å². The van der Waals surface area contributed by atoms with Crippen LogP contribution in [0.15, 0.2) is 19.6 Å². The van der Waals surface area contributed by atoms with Gasteiger partial charge in [-0.25, -0.2) is 14.3 Å². The standard InChI is InChI=1S/C8H11N7O2/c1-4-15(8-6(3)11-17-13-8)14-9-7-5(2)10-16-12-7/h4H2,1-3H3. The van der Waals surface area contributed by atoms with E-state index in [2.05, 4.69) is 40.2 Å². The Labute approximate surface area is 96.4 Å². The maximum absolute atomic E-state index is 4.60. The predicted octanol–water partition coefficient (Wildman–Crippen LogP) is 1.59. The van der Waals surface area contributed by atoms with Crippen molar-refractivity contribution in [3.8, 4) is 0 Å². The van der Waals surface area contributed by atoms with E-state index in [9.17, 15) is 0 Å².